The van der Waals surface area contributed by atoms with E-state index in [2.05, 4.69) is 47.4 Å². The first-order valence-electron chi connectivity index (χ1n) is 8.95. The summed E-state index contributed by atoms with van der Waals surface area (Å²) in [5.74, 6) is -2.65. The summed E-state index contributed by atoms with van der Waals surface area (Å²) in [4.78, 5) is 20.7. The molecule has 0 amide bonds. The van der Waals surface area contributed by atoms with E-state index in [9.17, 15) is 0 Å². The predicted octanol–water partition coefficient (Wildman–Crippen LogP) is 2.49. The van der Waals surface area contributed by atoms with Gasteiger partial charge in [0.25, 0.3) is 0 Å². The number of carboxylic acid groups (broad SMARTS) is 2. The second kappa shape index (κ2) is 11.2. The minimum Gasteiger partial charge on any atom is -0.493 e. The number of nitrogens with zero attached hydrogens (tertiary/aromatic N) is 1. The molecule has 2 aromatic carbocycles. The van der Waals surface area contributed by atoms with Crippen molar-refractivity contribution in [3.8, 4) is 5.75 Å². The van der Waals surface area contributed by atoms with E-state index < -0.39 is 11.9 Å². The summed E-state index contributed by atoms with van der Waals surface area (Å²) in [5, 5.41) is 17.2. The smallest absolute Gasteiger partial charge is 0.414 e. The molecule has 0 unspecified atom stereocenters. The van der Waals surface area contributed by atoms with Gasteiger partial charge in [-0.2, -0.15) is 0 Å². The number of benzene rings is 2. The van der Waals surface area contributed by atoms with Crippen molar-refractivity contribution in [3.05, 3.63) is 42.5 Å². The molecule has 0 radical (unpaired) electrons. The standard InChI is InChI=1S/C18H23NO2.C2H2O4/c1-2-8-17-16(6-1)7-5-9-18(17)21-13-4-3-10-19-11-14-20-15-12-19;3-1(4)2(5)6/h1-2,5-9H,3-4,10-15H2;(H,3,4)(H,5,6). The molecule has 7 heteroatoms. The molecular weight excluding hydrogens is 350 g/mol. The fourth-order valence-corrected chi connectivity index (χ4v) is 2.77. The van der Waals surface area contributed by atoms with Crippen molar-refractivity contribution in [3.63, 3.8) is 0 Å². The fourth-order valence-electron chi connectivity index (χ4n) is 2.77. The minimum absolute atomic E-state index is 0.790. The van der Waals surface area contributed by atoms with Crippen LogP contribution in [0.15, 0.2) is 42.5 Å². The van der Waals surface area contributed by atoms with Gasteiger partial charge in [0.15, 0.2) is 0 Å². The van der Waals surface area contributed by atoms with Crippen LogP contribution in [-0.4, -0.2) is 66.5 Å². The Hall–Kier alpha value is -2.64. The summed E-state index contributed by atoms with van der Waals surface area (Å²) in [5.41, 5.74) is 0. The van der Waals surface area contributed by atoms with Crippen molar-refractivity contribution in [2.24, 2.45) is 0 Å². The van der Waals surface area contributed by atoms with Gasteiger partial charge in [-0.15, -0.1) is 0 Å². The number of aliphatic carboxylic acids is 2. The third-order valence-corrected chi connectivity index (χ3v) is 4.16. The number of unbranched alkanes of at least 4 members (excludes halogenated alkanes) is 1. The molecule has 7 nitrogen and oxygen atoms in total. The molecule has 1 aliphatic rings. The maximum atomic E-state index is 9.10. The lowest BCUT2D eigenvalue weighted by molar-refractivity contribution is -0.159. The molecule has 2 aromatic rings. The van der Waals surface area contributed by atoms with Crippen LogP contribution in [-0.2, 0) is 14.3 Å². The Morgan fingerprint density at radius 1 is 0.963 bits per heavy atom. The van der Waals surface area contributed by atoms with Crippen molar-refractivity contribution in [1.29, 1.82) is 0 Å². The molecule has 146 valence electrons. The molecule has 1 fully saturated rings. The van der Waals surface area contributed by atoms with Gasteiger partial charge in [-0.3, -0.25) is 4.90 Å². The van der Waals surface area contributed by atoms with Crippen LogP contribution in [0.4, 0.5) is 0 Å². The lowest BCUT2D eigenvalue weighted by Crippen LogP contribution is -2.36. The Kier molecular flexibility index (Phi) is 8.54. The molecule has 0 bridgehead atoms. The summed E-state index contributed by atoms with van der Waals surface area (Å²) < 4.78 is 11.3. The fraction of sp³-hybridized carbons (Fsp3) is 0.400. The van der Waals surface area contributed by atoms with Gasteiger partial charge in [0, 0.05) is 18.5 Å². The Morgan fingerprint density at radius 2 is 1.63 bits per heavy atom. The molecule has 0 aromatic heterocycles. The quantitative estimate of drug-likeness (QED) is 0.591. The molecule has 0 aliphatic carbocycles. The number of ether oxygens (including phenoxy) is 2. The minimum atomic E-state index is -1.82. The van der Waals surface area contributed by atoms with E-state index in [1.54, 1.807) is 0 Å². The zero-order valence-corrected chi connectivity index (χ0v) is 15.2. The van der Waals surface area contributed by atoms with Gasteiger partial charge in [0.05, 0.1) is 19.8 Å². The highest BCUT2D eigenvalue weighted by atomic mass is 16.5. The predicted molar refractivity (Wildman–Crippen MR) is 101 cm³/mol. The zero-order valence-electron chi connectivity index (χ0n) is 15.2. The molecule has 0 atom stereocenters. The van der Waals surface area contributed by atoms with Crippen LogP contribution in [0, 0.1) is 0 Å². The summed E-state index contributed by atoms with van der Waals surface area (Å²) in [6, 6.07) is 14.6. The van der Waals surface area contributed by atoms with Crippen molar-refractivity contribution < 1.29 is 29.3 Å². The second-order valence-electron chi connectivity index (χ2n) is 6.10. The van der Waals surface area contributed by atoms with E-state index in [0.29, 0.717) is 0 Å². The largest absolute Gasteiger partial charge is 0.493 e. The Balaban J connectivity index is 0.000000380. The lowest BCUT2D eigenvalue weighted by atomic mass is 10.1. The number of fused-ring (bicyclic) bond motifs is 1. The number of carboxylic acids is 2. The SMILES string of the molecule is O=C(O)C(=O)O.c1ccc2c(OCCCCN3CCOCC3)cccc2c1. The van der Waals surface area contributed by atoms with Crippen LogP contribution in [0.25, 0.3) is 10.8 Å². The molecule has 0 saturated carbocycles. The molecular formula is C20H25NO6. The van der Waals surface area contributed by atoms with Gasteiger partial charge in [0.2, 0.25) is 0 Å². The lowest BCUT2D eigenvalue weighted by Gasteiger charge is -2.26. The van der Waals surface area contributed by atoms with Gasteiger partial charge in [0.1, 0.15) is 5.75 Å². The molecule has 1 aliphatic heterocycles. The third kappa shape index (κ3) is 7.24. The molecule has 0 spiro atoms. The van der Waals surface area contributed by atoms with E-state index in [4.69, 9.17) is 29.3 Å². The summed E-state index contributed by atoms with van der Waals surface area (Å²) in [6.07, 6.45) is 2.28. The van der Waals surface area contributed by atoms with Gasteiger partial charge in [-0.25, -0.2) is 9.59 Å². The van der Waals surface area contributed by atoms with E-state index >= 15 is 0 Å². The third-order valence-electron chi connectivity index (χ3n) is 4.16. The Morgan fingerprint density at radius 3 is 2.33 bits per heavy atom. The first-order valence-corrected chi connectivity index (χ1v) is 8.95. The number of rotatable bonds is 6. The maximum absolute atomic E-state index is 9.10. The maximum Gasteiger partial charge on any atom is 0.414 e. The topological polar surface area (TPSA) is 96.3 Å². The van der Waals surface area contributed by atoms with E-state index in [1.165, 1.54) is 17.2 Å². The highest BCUT2D eigenvalue weighted by Crippen LogP contribution is 2.25. The number of morpholine rings is 1. The van der Waals surface area contributed by atoms with Crippen LogP contribution in [0.5, 0.6) is 5.75 Å². The highest BCUT2D eigenvalue weighted by Gasteiger charge is 2.09. The normalized spacial score (nSPS) is 14.2. The molecule has 27 heavy (non-hydrogen) atoms. The van der Waals surface area contributed by atoms with Crippen LogP contribution in [0.2, 0.25) is 0 Å². The van der Waals surface area contributed by atoms with Crippen LogP contribution >= 0.6 is 0 Å². The monoisotopic (exact) mass is 375 g/mol. The summed E-state index contributed by atoms with van der Waals surface area (Å²) in [7, 11) is 0. The second-order valence-corrected chi connectivity index (χ2v) is 6.10. The van der Waals surface area contributed by atoms with E-state index in [1.807, 2.05) is 0 Å². The average molecular weight is 375 g/mol. The molecule has 2 N–H and O–H groups in total. The van der Waals surface area contributed by atoms with E-state index in [0.717, 1.165) is 51.6 Å². The molecule has 1 heterocycles. The Labute approximate surface area is 158 Å². The molecule has 1 saturated heterocycles. The van der Waals surface area contributed by atoms with Gasteiger partial charge < -0.3 is 19.7 Å². The van der Waals surface area contributed by atoms with Crippen molar-refractivity contribution >= 4 is 22.7 Å². The van der Waals surface area contributed by atoms with Gasteiger partial charge in [-0.1, -0.05) is 36.4 Å². The number of hydrogen-bond donors (Lipinski definition) is 2. The molecule has 3 rings (SSSR count). The van der Waals surface area contributed by atoms with Crippen LogP contribution in [0.3, 0.4) is 0 Å². The average Bonchev–Trinajstić information content (AvgIpc) is 2.69. The first-order chi connectivity index (χ1) is 13.1. The van der Waals surface area contributed by atoms with Gasteiger partial charge >= 0.3 is 11.9 Å². The summed E-state index contributed by atoms with van der Waals surface area (Å²) in [6.45, 7) is 5.86. The van der Waals surface area contributed by atoms with Crippen molar-refractivity contribution in [2.75, 3.05) is 39.5 Å². The van der Waals surface area contributed by atoms with E-state index in [-0.39, 0.29) is 0 Å². The first kappa shape index (κ1) is 20.7. The van der Waals surface area contributed by atoms with Crippen LogP contribution < -0.4 is 4.74 Å². The highest BCUT2D eigenvalue weighted by molar-refractivity contribution is 6.27. The van der Waals surface area contributed by atoms with Crippen molar-refractivity contribution in [1.82, 2.24) is 4.90 Å². The number of hydrogen-bond acceptors (Lipinski definition) is 5. The van der Waals surface area contributed by atoms with Crippen LogP contribution in [0.1, 0.15) is 12.8 Å². The van der Waals surface area contributed by atoms with Crippen molar-refractivity contribution in [2.45, 2.75) is 12.8 Å². The van der Waals surface area contributed by atoms with Gasteiger partial charge in [-0.05, 0) is 30.8 Å². The Bertz CT molecular complexity index is 725. The zero-order chi connectivity index (χ0) is 19.5. The summed E-state index contributed by atoms with van der Waals surface area (Å²) >= 11 is 0. The number of carbonyl (C=O) groups is 2.